The molecule has 0 aliphatic carbocycles. The van der Waals surface area contributed by atoms with Crippen molar-refractivity contribution in [3.8, 4) is 0 Å². The highest BCUT2D eigenvalue weighted by Gasteiger charge is 2.14. The smallest absolute Gasteiger partial charge is 0.338 e. The summed E-state index contributed by atoms with van der Waals surface area (Å²) >= 11 is 1.54. The molecule has 0 fully saturated rings. The third-order valence-electron chi connectivity index (χ3n) is 2.20. The predicted octanol–water partition coefficient (Wildman–Crippen LogP) is 3.48. The summed E-state index contributed by atoms with van der Waals surface area (Å²) in [5.41, 5.74) is 1.04. The number of thioether (sulfide) groups is 1. The zero-order chi connectivity index (χ0) is 12.7. The van der Waals surface area contributed by atoms with E-state index in [-0.39, 0.29) is 0 Å². The zero-order valence-corrected chi connectivity index (χ0v) is 10.7. The molecule has 0 bridgehead atoms. The summed E-state index contributed by atoms with van der Waals surface area (Å²) in [5, 5.41) is 12.4. The first-order chi connectivity index (χ1) is 8.20. The van der Waals surface area contributed by atoms with Crippen LogP contribution in [0.25, 0.3) is 0 Å². The van der Waals surface area contributed by atoms with Crippen molar-refractivity contribution in [1.82, 2.24) is 0 Å². The summed E-state index contributed by atoms with van der Waals surface area (Å²) in [7, 11) is 0. The molecule has 2 N–H and O–H groups in total. The summed E-state index contributed by atoms with van der Waals surface area (Å²) in [4.78, 5) is 12.1. The lowest BCUT2D eigenvalue weighted by molar-refractivity contribution is 0.0694. The molecule has 17 heavy (non-hydrogen) atoms. The molecule has 3 nitrogen and oxygen atoms in total. The van der Waals surface area contributed by atoms with Crippen LogP contribution in [0.2, 0.25) is 0 Å². The standard InChI is InChI=1S/C13H17NO2S/c1-3-5-9-14-10-7-6-8-11(17-4-2)12(10)13(15)16/h3,6-8,14H,1,4-5,9H2,2H3,(H,15,16). The van der Waals surface area contributed by atoms with E-state index in [1.54, 1.807) is 23.9 Å². The van der Waals surface area contributed by atoms with Gasteiger partial charge in [-0.3, -0.25) is 0 Å². The number of carboxylic acids is 1. The molecule has 92 valence electrons. The Bertz CT molecular complexity index is 404. The molecule has 0 amide bonds. The summed E-state index contributed by atoms with van der Waals surface area (Å²) < 4.78 is 0. The van der Waals surface area contributed by atoms with Crippen LogP contribution >= 0.6 is 11.8 Å². The van der Waals surface area contributed by atoms with Gasteiger partial charge < -0.3 is 10.4 Å². The van der Waals surface area contributed by atoms with Crippen LogP contribution < -0.4 is 5.32 Å². The van der Waals surface area contributed by atoms with Crippen molar-refractivity contribution >= 4 is 23.4 Å². The van der Waals surface area contributed by atoms with Gasteiger partial charge in [0.05, 0.1) is 5.56 Å². The van der Waals surface area contributed by atoms with Gasteiger partial charge in [-0.05, 0) is 24.3 Å². The largest absolute Gasteiger partial charge is 0.478 e. The van der Waals surface area contributed by atoms with Crippen LogP contribution in [0.3, 0.4) is 0 Å². The second kappa shape index (κ2) is 7.01. The van der Waals surface area contributed by atoms with Gasteiger partial charge >= 0.3 is 5.97 Å². The topological polar surface area (TPSA) is 49.3 Å². The van der Waals surface area contributed by atoms with E-state index in [4.69, 9.17) is 0 Å². The Kier molecular flexibility index (Phi) is 5.63. The van der Waals surface area contributed by atoms with E-state index >= 15 is 0 Å². The maximum Gasteiger partial charge on any atom is 0.338 e. The lowest BCUT2D eigenvalue weighted by Crippen LogP contribution is -2.08. The molecule has 0 spiro atoms. The number of benzene rings is 1. The fraction of sp³-hybridized carbons (Fsp3) is 0.308. The monoisotopic (exact) mass is 251 g/mol. The van der Waals surface area contributed by atoms with Crippen LogP contribution in [0.15, 0.2) is 35.7 Å². The number of carboxylic acid groups (broad SMARTS) is 1. The van der Waals surface area contributed by atoms with Gasteiger partial charge in [-0.25, -0.2) is 4.79 Å². The predicted molar refractivity (Wildman–Crippen MR) is 73.1 cm³/mol. The molecule has 0 heterocycles. The van der Waals surface area contributed by atoms with Crippen molar-refractivity contribution in [1.29, 1.82) is 0 Å². The molecule has 0 saturated heterocycles. The number of hydrogen-bond acceptors (Lipinski definition) is 3. The van der Waals surface area contributed by atoms with Gasteiger partial charge in [0.1, 0.15) is 0 Å². The summed E-state index contributed by atoms with van der Waals surface area (Å²) in [6.07, 6.45) is 2.61. The van der Waals surface area contributed by atoms with E-state index in [9.17, 15) is 9.90 Å². The molecule has 0 aliphatic rings. The van der Waals surface area contributed by atoms with Crippen LogP contribution in [0.1, 0.15) is 23.7 Å². The first-order valence-corrected chi connectivity index (χ1v) is 6.53. The molecule has 0 radical (unpaired) electrons. The van der Waals surface area contributed by atoms with E-state index in [1.165, 1.54) is 0 Å². The SMILES string of the molecule is C=CCCNc1cccc(SCC)c1C(=O)O. The Morgan fingerprint density at radius 1 is 1.59 bits per heavy atom. The number of nitrogens with one attached hydrogen (secondary N) is 1. The molecule has 0 aliphatic heterocycles. The van der Waals surface area contributed by atoms with Crippen LogP contribution in [-0.2, 0) is 0 Å². The Morgan fingerprint density at radius 2 is 2.35 bits per heavy atom. The van der Waals surface area contributed by atoms with Gasteiger partial charge in [-0.1, -0.05) is 19.1 Å². The van der Waals surface area contributed by atoms with E-state index < -0.39 is 5.97 Å². The summed E-state index contributed by atoms with van der Waals surface area (Å²) in [5.74, 6) is -0.0289. The Morgan fingerprint density at radius 3 is 2.94 bits per heavy atom. The number of rotatable bonds is 7. The molecule has 1 aromatic carbocycles. The second-order valence-electron chi connectivity index (χ2n) is 3.42. The normalized spacial score (nSPS) is 9.94. The molecule has 0 saturated carbocycles. The zero-order valence-electron chi connectivity index (χ0n) is 9.90. The maximum atomic E-state index is 11.3. The van der Waals surface area contributed by atoms with Crippen molar-refractivity contribution in [2.75, 3.05) is 17.6 Å². The van der Waals surface area contributed by atoms with Gasteiger partial charge in [0.15, 0.2) is 0 Å². The molecule has 0 aromatic heterocycles. The minimum atomic E-state index is -0.886. The Balaban J connectivity index is 2.97. The number of aromatic carboxylic acids is 1. The molecule has 0 unspecified atom stereocenters. The van der Waals surface area contributed by atoms with Crippen LogP contribution in [0.4, 0.5) is 5.69 Å². The van der Waals surface area contributed by atoms with Gasteiger partial charge in [-0.15, -0.1) is 18.3 Å². The van der Waals surface area contributed by atoms with E-state index in [0.29, 0.717) is 17.8 Å². The lowest BCUT2D eigenvalue weighted by Gasteiger charge is -2.12. The first kappa shape index (κ1) is 13.6. The fourth-order valence-electron chi connectivity index (χ4n) is 1.48. The number of anilines is 1. The average molecular weight is 251 g/mol. The van der Waals surface area contributed by atoms with Crippen molar-refractivity contribution in [2.24, 2.45) is 0 Å². The fourth-order valence-corrected chi connectivity index (χ4v) is 2.31. The highest BCUT2D eigenvalue weighted by Crippen LogP contribution is 2.28. The van der Waals surface area contributed by atoms with Crippen molar-refractivity contribution < 1.29 is 9.90 Å². The minimum absolute atomic E-state index is 0.364. The molecule has 1 rings (SSSR count). The molecule has 4 heteroatoms. The highest BCUT2D eigenvalue weighted by atomic mass is 32.2. The van der Waals surface area contributed by atoms with Crippen molar-refractivity contribution in [2.45, 2.75) is 18.2 Å². The van der Waals surface area contributed by atoms with Crippen molar-refractivity contribution in [3.05, 3.63) is 36.4 Å². The van der Waals surface area contributed by atoms with Gasteiger partial charge in [0.2, 0.25) is 0 Å². The third kappa shape index (κ3) is 3.82. The minimum Gasteiger partial charge on any atom is -0.478 e. The molecule has 1 aromatic rings. The Labute approximate surface area is 106 Å². The average Bonchev–Trinajstić information content (AvgIpc) is 2.29. The summed E-state index contributed by atoms with van der Waals surface area (Å²) in [6, 6.07) is 5.52. The summed E-state index contributed by atoms with van der Waals surface area (Å²) in [6.45, 7) is 6.34. The number of carbonyl (C=O) groups is 1. The quantitative estimate of drug-likeness (QED) is 0.442. The molecule has 0 atom stereocenters. The van der Waals surface area contributed by atoms with E-state index in [2.05, 4.69) is 11.9 Å². The van der Waals surface area contributed by atoms with Crippen LogP contribution in [-0.4, -0.2) is 23.4 Å². The van der Waals surface area contributed by atoms with Crippen LogP contribution in [0.5, 0.6) is 0 Å². The third-order valence-corrected chi connectivity index (χ3v) is 3.14. The Hall–Kier alpha value is -1.42. The first-order valence-electron chi connectivity index (χ1n) is 5.54. The van der Waals surface area contributed by atoms with Gasteiger partial charge in [0.25, 0.3) is 0 Å². The van der Waals surface area contributed by atoms with E-state index in [0.717, 1.165) is 17.1 Å². The van der Waals surface area contributed by atoms with Gasteiger partial charge in [0, 0.05) is 17.1 Å². The lowest BCUT2D eigenvalue weighted by atomic mass is 10.1. The second-order valence-corrected chi connectivity index (χ2v) is 4.73. The van der Waals surface area contributed by atoms with Crippen LogP contribution in [0, 0.1) is 0 Å². The molecular weight excluding hydrogens is 234 g/mol. The van der Waals surface area contributed by atoms with Gasteiger partial charge in [-0.2, -0.15) is 0 Å². The molecular formula is C13H17NO2S. The van der Waals surface area contributed by atoms with Crippen molar-refractivity contribution in [3.63, 3.8) is 0 Å². The number of hydrogen-bond donors (Lipinski definition) is 2. The van der Waals surface area contributed by atoms with E-state index in [1.807, 2.05) is 19.1 Å². The maximum absolute atomic E-state index is 11.3. The highest BCUT2D eigenvalue weighted by molar-refractivity contribution is 7.99.